The molecular formula is C16H17N3O3S. The fourth-order valence-electron chi connectivity index (χ4n) is 1.89. The van der Waals surface area contributed by atoms with Crippen molar-refractivity contribution in [2.45, 2.75) is 13.8 Å². The van der Waals surface area contributed by atoms with E-state index in [1.54, 1.807) is 43.6 Å². The SMILES string of the molecule is CC.CNC(=O)c1cccc(Oc2ccnc3[nH]c(=O)sc23)c1. The van der Waals surface area contributed by atoms with Crippen LogP contribution in [0.4, 0.5) is 0 Å². The molecule has 1 amide bonds. The van der Waals surface area contributed by atoms with Crippen LogP contribution >= 0.6 is 11.3 Å². The van der Waals surface area contributed by atoms with Crippen molar-refractivity contribution >= 4 is 27.6 Å². The fourth-order valence-corrected chi connectivity index (χ4v) is 2.63. The van der Waals surface area contributed by atoms with E-state index in [9.17, 15) is 9.59 Å². The largest absolute Gasteiger partial charge is 0.456 e. The fraction of sp³-hybridized carbons (Fsp3) is 0.188. The summed E-state index contributed by atoms with van der Waals surface area (Å²) >= 11 is 1.04. The molecule has 0 aliphatic heterocycles. The number of nitrogens with zero attached hydrogens (tertiary/aromatic N) is 1. The number of carbonyl (C=O) groups excluding carboxylic acids is 1. The van der Waals surface area contributed by atoms with E-state index in [1.807, 2.05) is 13.8 Å². The van der Waals surface area contributed by atoms with Gasteiger partial charge in [-0.25, -0.2) is 4.98 Å². The molecule has 0 aliphatic carbocycles. The summed E-state index contributed by atoms with van der Waals surface area (Å²) in [6, 6.07) is 8.49. The molecule has 120 valence electrons. The number of pyridine rings is 1. The van der Waals surface area contributed by atoms with Crippen molar-refractivity contribution in [1.82, 2.24) is 15.3 Å². The number of amides is 1. The van der Waals surface area contributed by atoms with E-state index in [0.29, 0.717) is 27.4 Å². The first kappa shape index (κ1) is 16.7. The maximum absolute atomic E-state index is 11.6. The Balaban J connectivity index is 0.000000924. The molecule has 0 unspecified atom stereocenters. The minimum absolute atomic E-state index is 0.187. The Bertz CT molecular complexity index is 870. The van der Waals surface area contributed by atoms with Crippen LogP contribution in [-0.2, 0) is 0 Å². The number of ether oxygens (including phenoxy) is 1. The van der Waals surface area contributed by atoms with Gasteiger partial charge in [0.15, 0.2) is 5.65 Å². The summed E-state index contributed by atoms with van der Waals surface area (Å²) in [6.45, 7) is 4.00. The molecule has 0 bridgehead atoms. The third-order valence-electron chi connectivity index (χ3n) is 2.83. The van der Waals surface area contributed by atoms with Crippen LogP contribution in [0.15, 0.2) is 41.3 Å². The molecule has 0 saturated heterocycles. The van der Waals surface area contributed by atoms with E-state index in [2.05, 4.69) is 15.3 Å². The first-order valence-corrected chi connectivity index (χ1v) is 7.97. The van der Waals surface area contributed by atoms with Crippen LogP contribution in [0, 0.1) is 0 Å². The van der Waals surface area contributed by atoms with E-state index in [0.717, 1.165) is 11.3 Å². The lowest BCUT2D eigenvalue weighted by Gasteiger charge is -2.07. The Morgan fingerprint density at radius 2 is 2.09 bits per heavy atom. The molecule has 3 aromatic rings. The van der Waals surface area contributed by atoms with E-state index >= 15 is 0 Å². The second-order valence-corrected chi connectivity index (χ2v) is 5.19. The van der Waals surface area contributed by atoms with Gasteiger partial charge in [-0.1, -0.05) is 31.3 Å². The molecule has 2 N–H and O–H groups in total. The highest BCUT2D eigenvalue weighted by Gasteiger charge is 2.10. The zero-order valence-electron chi connectivity index (χ0n) is 13.0. The number of aromatic amines is 1. The maximum Gasteiger partial charge on any atom is 0.306 e. The van der Waals surface area contributed by atoms with Gasteiger partial charge in [0.1, 0.15) is 16.2 Å². The van der Waals surface area contributed by atoms with Crippen LogP contribution < -0.4 is 14.9 Å². The molecule has 6 nitrogen and oxygen atoms in total. The summed E-state index contributed by atoms with van der Waals surface area (Å²) in [4.78, 5) is 29.5. The number of rotatable bonds is 3. The van der Waals surface area contributed by atoms with Crippen molar-refractivity contribution in [3.05, 3.63) is 51.8 Å². The molecule has 7 heteroatoms. The molecule has 0 aliphatic rings. The number of H-pyrrole nitrogens is 1. The smallest absolute Gasteiger partial charge is 0.306 e. The number of fused-ring (bicyclic) bond motifs is 1. The predicted octanol–water partition coefficient (Wildman–Crippen LogP) is 3.16. The minimum atomic E-state index is -0.188. The Morgan fingerprint density at radius 1 is 1.30 bits per heavy atom. The van der Waals surface area contributed by atoms with Gasteiger partial charge in [0.05, 0.1) is 0 Å². The number of nitrogens with one attached hydrogen (secondary N) is 2. The highest BCUT2D eigenvalue weighted by Crippen LogP contribution is 2.29. The van der Waals surface area contributed by atoms with E-state index < -0.39 is 0 Å². The Kier molecular flexibility index (Phi) is 5.48. The van der Waals surface area contributed by atoms with E-state index in [1.165, 1.54) is 0 Å². The lowest BCUT2D eigenvalue weighted by molar-refractivity contribution is 0.0963. The number of hydrogen-bond donors (Lipinski definition) is 2. The number of aromatic nitrogens is 2. The van der Waals surface area contributed by atoms with Gasteiger partial charge in [-0.3, -0.25) is 14.6 Å². The van der Waals surface area contributed by atoms with Crippen molar-refractivity contribution in [3.8, 4) is 11.5 Å². The maximum atomic E-state index is 11.6. The molecule has 3 rings (SSSR count). The molecule has 0 fully saturated rings. The van der Waals surface area contributed by atoms with Gasteiger partial charge < -0.3 is 10.1 Å². The molecular weight excluding hydrogens is 314 g/mol. The quantitative estimate of drug-likeness (QED) is 0.772. The normalized spacial score (nSPS) is 9.87. The van der Waals surface area contributed by atoms with Crippen molar-refractivity contribution in [3.63, 3.8) is 0 Å². The van der Waals surface area contributed by atoms with E-state index in [4.69, 9.17) is 4.74 Å². The highest BCUT2D eigenvalue weighted by molar-refractivity contribution is 7.16. The Hall–Kier alpha value is -2.67. The van der Waals surface area contributed by atoms with Crippen LogP contribution in [0.5, 0.6) is 11.5 Å². The second kappa shape index (κ2) is 7.55. The average molecular weight is 331 g/mol. The zero-order valence-corrected chi connectivity index (χ0v) is 13.9. The van der Waals surface area contributed by atoms with Gasteiger partial charge in [-0.15, -0.1) is 0 Å². The van der Waals surface area contributed by atoms with Gasteiger partial charge in [0.25, 0.3) is 5.91 Å². The Morgan fingerprint density at radius 3 is 2.83 bits per heavy atom. The van der Waals surface area contributed by atoms with Gasteiger partial charge >= 0.3 is 4.87 Å². The molecule has 1 aromatic carbocycles. The molecule has 23 heavy (non-hydrogen) atoms. The van der Waals surface area contributed by atoms with Gasteiger partial charge in [-0.2, -0.15) is 0 Å². The number of thiazole rings is 1. The van der Waals surface area contributed by atoms with Crippen molar-refractivity contribution in [2.75, 3.05) is 7.05 Å². The minimum Gasteiger partial charge on any atom is -0.456 e. The molecule has 0 atom stereocenters. The van der Waals surface area contributed by atoms with Crippen LogP contribution in [0.2, 0.25) is 0 Å². The summed E-state index contributed by atoms with van der Waals surface area (Å²) in [5.74, 6) is 0.855. The van der Waals surface area contributed by atoms with Gasteiger partial charge in [0, 0.05) is 24.9 Å². The average Bonchev–Trinajstić information content (AvgIpc) is 2.97. The predicted molar refractivity (Wildman–Crippen MR) is 91.5 cm³/mol. The van der Waals surface area contributed by atoms with Crippen LogP contribution in [0.25, 0.3) is 10.3 Å². The first-order valence-electron chi connectivity index (χ1n) is 7.15. The summed E-state index contributed by atoms with van der Waals surface area (Å²) in [6.07, 6.45) is 1.56. The molecule has 0 saturated carbocycles. The molecule has 2 aromatic heterocycles. The number of carbonyl (C=O) groups is 1. The summed E-state index contributed by atoms with van der Waals surface area (Å²) in [5, 5.41) is 2.56. The van der Waals surface area contributed by atoms with Crippen LogP contribution in [-0.4, -0.2) is 22.9 Å². The number of benzene rings is 1. The van der Waals surface area contributed by atoms with Gasteiger partial charge in [-0.05, 0) is 18.2 Å². The highest BCUT2D eigenvalue weighted by atomic mass is 32.1. The topological polar surface area (TPSA) is 84.1 Å². The summed E-state index contributed by atoms with van der Waals surface area (Å²) in [7, 11) is 1.57. The lowest BCUT2D eigenvalue weighted by Crippen LogP contribution is -2.17. The van der Waals surface area contributed by atoms with Crippen molar-refractivity contribution in [2.24, 2.45) is 0 Å². The second-order valence-electron chi connectivity index (χ2n) is 4.21. The van der Waals surface area contributed by atoms with Crippen LogP contribution in [0.3, 0.4) is 0 Å². The van der Waals surface area contributed by atoms with Crippen LogP contribution in [0.1, 0.15) is 24.2 Å². The first-order chi connectivity index (χ1) is 11.2. The third kappa shape index (κ3) is 3.75. The van der Waals surface area contributed by atoms with Gasteiger partial charge in [0.2, 0.25) is 0 Å². The van der Waals surface area contributed by atoms with Crippen molar-refractivity contribution in [1.29, 1.82) is 0 Å². The molecule has 0 radical (unpaired) electrons. The molecule has 2 heterocycles. The summed E-state index contributed by atoms with van der Waals surface area (Å²) in [5.41, 5.74) is 0.993. The lowest BCUT2D eigenvalue weighted by atomic mass is 10.2. The standard InChI is InChI=1S/C14H11N3O3S.C2H6/c1-15-13(18)8-3-2-4-9(7-8)20-10-5-6-16-12-11(10)21-14(19)17-12;1-2/h2-7H,1H3,(H,15,18)(H,16,17,19);1-2H3. The zero-order chi connectivity index (χ0) is 16.8. The Labute approximate surface area is 137 Å². The summed E-state index contributed by atoms with van der Waals surface area (Å²) < 4.78 is 6.42. The molecule has 0 spiro atoms. The van der Waals surface area contributed by atoms with E-state index in [-0.39, 0.29) is 10.8 Å². The van der Waals surface area contributed by atoms with Crippen molar-refractivity contribution < 1.29 is 9.53 Å². The third-order valence-corrected chi connectivity index (χ3v) is 3.72. The monoisotopic (exact) mass is 331 g/mol. The number of hydrogen-bond acceptors (Lipinski definition) is 5.